The zero-order valence-corrected chi connectivity index (χ0v) is 8.65. The highest BCUT2D eigenvalue weighted by molar-refractivity contribution is 6.29. The van der Waals surface area contributed by atoms with Crippen LogP contribution >= 0.6 is 11.6 Å². The van der Waals surface area contributed by atoms with Crippen molar-refractivity contribution < 1.29 is 0 Å². The Labute approximate surface area is 86.6 Å². The first-order valence-corrected chi connectivity index (χ1v) is 4.56. The van der Waals surface area contributed by atoms with Crippen LogP contribution in [0.5, 0.6) is 0 Å². The molecule has 0 aromatic carbocycles. The molecule has 0 aliphatic carbocycles. The van der Waals surface area contributed by atoms with Gasteiger partial charge in [-0.2, -0.15) is 5.10 Å². The lowest BCUT2D eigenvalue weighted by Crippen LogP contribution is -2.00. The van der Waals surface area contributed by atoms with Crippen LogP contribution in [0, 0.1) is 13.8 Å². The molecule has 0 bridgehead atoms. The van der Waals surface area contributed by atoms with E-state index in [1.165, 1.54) is 0 Å². The summed E-state index contributed by atoms with van der Waals surface area (Å²) in [4.78, 5) is 8.20. The lowest BCUT2D eigenvalue weighted by Gasteiger charge is -2.01. The van der Waals surface area contributed by atoms with Gasteiger partial charge in [0.2, 0.25) is 0 Å². The summed E-state index contributed by atoms with van der Waals surface area (Å²) in [5.41, 5.74) is 1.08. The maximum absolute atomic E-state index is 5.81. The van der Waals surface area contributed by atoms with E-state index in [2.05, 4.69) is 15.1 Å². The van der Waals surface area contributed by atoms with Gasteiger partial charge in [-0.3, -0.25) is 0 Å². The van der Waals surface area contributed by atoms with Gasteiger partial charge < -0.3 is 0 Å². The molecule has 0 N–H and O–H groups in total. The van der Waals surface area contributed by atoms with Gasteiger partial charge in [-0.1, -0.05) is 11.6 Å². The number of rotatable bonds is 1. The largest absolute Gasteiger partial charge is 0.222 e. The summed E-state index contributed by atoms with van der Waals surface area (Å²) in [5, 5.41) is 4.57. The molecule has 2 rings (SSSR count). The number of aromatic nitrogens is 4. The number of nitrogens with zero attached hydrogens (tertiary/aromatic N) is 4. The van der Waals surface area contributed by atoms with Gasteiger partial charge in [-0.05, 0) is 19.4 Å². The van der Waals surface area contributed by atoms with Crippen LogP contribution in [0.3, 0.4) is 0 Å². The number of hydrogen-bond acceptors (Lipinski definition) is 3. The average Bonchev–Trinajstić information content (AvgIpc) is 2.50. The van der Waals surface area contributed by atoms with Crippen molar-refractivity contribution in [2.24, 2.45) is 0 Å². The fourth-order valence-corrected chi connectivity index (χ4v) is 1.39. The predicted octanol–water partition coefficient (Wildman–Crippen LogP) is 1.93. The maximum Gasteiger partial charge on any atom is 0.158 e. The SMILES string of the molecule is Cc1cnn(-c2cc(Cl)nc(C)n2)c1. The minimum atomic E-state index is 0.431. The van der Waals surface area contributed by atoms with Crippen molar-refractivity contribution in [3.8, 4) is 5.82 Å². The molecule has 0 radical (unpaired) electrons. The van der Waals surface area contributed by atoms with Crippen molar-refractivity contribution in [3.05, 3.63) is 35.0 Å². The molecule has 4 nitrogen and oxygen atoms in total. The molecule has 0 unspecified atom stereocenters. The molecule has 0 saturated carbocycles. The van der Waals surface area contributed by atoms with Crippen molar-refractivity contribution in [1.82, 2.24) is 19.7 Å². The first-order chi connectivity index (χ1) is 6.65. The maximum atomic E-state index is 5.81. The molecule has 5 heteroatoms. The van der Waals surface area contributed by atoms with E-state index < -0.39 is 0 Å². The van der Waals surface area contributed by atoms with Crippen molar-refractivity contribution in [3.63, 3.8) is 0 Å². The van der Waals surface area contributed by atoms with Crippen LogP contribution in [0.2, 0.25) is 5.15 Å². The van der Waals surface area contributed by atoms with Crippen LogP contribution in [-0.4, -0.2) is 19.7 Å². The highest BCUT2D eigenvalue weighted by atomic mass is 35.5. The summed E-state index contributed by atoms with van der Waals surface area (Å²) in [6.45, 7) is 3.77. The van der Waals surface area contributed by atoms with Gasteiger partial charge in [0.1, 0.15) is 11.0 Å². The zero-order valence-electron chi connectivity index (χ0n) is 7.90. The topological polar surface area (TPSA) is 43.6 Å². The van der Waals surface area contributed by atoms with Crippen LogP contribution < -0.4 is 0 Å². The van der Waals surface area contributed by atoms with Gasteiger partial charge in [0.15, 0.2) is 5.82 Å². The van der Waals surface area contributed by atoms with Crippen molar-refractivity contribution in [2.75, 3.05) is 0 Å². The number of hydrogen-bond donors (Lipinski definition) is 0. The van der Waals surface area contributed by atoms with Gasteiger partial charge in [0.05, 0.1) is 6.20 Å². The van der Waals surface area contributed by atoms with Crippen molar-refractivity contribution in [1.29, 1.82) is 0 Å². The standard InChI is InChI=1S/C9H9ClN4/c1-6-4-11-14(5-6)9-3-8(10)12-7(2)13-9/h3-5H,1-2H3. The highest BCUT2D eigenvalue weighted by Gasteiger charge is 2.02. The van der Waals surface area contributed by atoms with Gasteiger partial charge in [-0.25, -0.2) is 14.6 Å². The molecule has 0 aliphatic heterocycles. The molecular weight excluding hydrogens is 200 g/mol. The molecular formula is C9H9ClN4. The monoisotopic (exact) mass is 208 g/mol. The first kappa shape index (κ1) is 9.15. The predicted molar refractivity (Wildman–Crippen MR) is 53.6 cm³/mol. The Balaban J connectivity index is 2.51. The van der Waals surface area contributed by atoms with Gasteiger partial charge in [0, 0.05) is 12.3 Å². The summed E-state index contributed by atoms with van der Waals surface area (Å²) in [6, 6.07) is 1.68. The average molecular weight is 209 g/mol. The molecule has 14 heavy (non-hydrogen) atoms. The minimum Gasteiger partial charge on any atom is -0.222 e. The Morgan fingerprint density at radius 2 is 2.07 bits per heavy atom. The third kappa shape index (κ3) is 1.75. The highest BCUT2D eigenvalue weighted by Crippen LogP contribution is 2.10. The fourth-order valence-electron chi connectivity index (χ4n) is 1.17. The van der Waals surface area contributed by atoms with Crippen LogP contribution in [0.4, 0.5) is 0 Å². The van der Waals surface area contributed by atoms with Gasteiger partial charge in [-0.15, -0.1) is 0 Å². The summed E-state index contributed by atoms with van der Waals surface area (Å²) >= 11 is 5.81. The smallest absolute Gasteiger partial charge is 0.158 e. The quantitative estimate of drug-likeness (QED) is 0.673. The molecule has 0 aliphatic rings. The fraction of sp³-hybridized carbons (Fsp3) is 0.222. The molecule has 2 aromatic heterocycles. The van der Waals surface area contributed by atoms with Crippen LogP contribution in [0.15, 0.2) is 18.5 Å². The lowest BCUT2D eigenvalue weighted by atomic mass is 10.4. The molecule has 0 atom stereocenters. The van der Waals surface area contributed by atoms with E-state index in [4.69, 9.17) is 11.6 Å². The van der Waals surface area contributed by atoms with Gasteiger partial charge in [0.25, 0.3) is 0 Å². The van der Waals surface area contributed by atoms with E-state index in [-0.39, 0.29) is 0 Å². The second kappa shape index (κ2) is 3.38. The van der Waals surface area contributed by atoms with Crippen molar-refractivity contribution in [2.45, 2.75) is 13.8 Å². The Hall–Kier alpha value is -1.42. The minimum absolute atomic E-state index is 0.431. The Morgan fingerprint density at radius 1 is 1.29 bits per heavy atom. The van der Waals surface area contributed by atoms with E-state index in [1.54, 1.807) is 23.9 Å². The number of halogens is 1. The third-order valence-electron chi connectivity index (χ3n) is 1.74. The first-order valence-electron chi connectivity index (χ1n) is 4.18. The Bertz CT molecular complexity index is 443. The summed E-state index contributed by atoms with van der Waals surface area (Å²) < 4.78 is 1.68. The molecule has 0 spiro atoms. The Kier molecular flexibility index (Phi) is 2.21. The van der Waals surface area contributed by atoms with Gasteiger partial charge >= 0.3 is 0 Å². The lowest BCUT2D eigenvalue weighted by molar-refractivity contribution is 0.828. The second-order valence-corrected chi connectivity index (χ2v) is 3.45. The van der Waals surface area contributed by atoms with Crippen LogP contribution in [-0.2, 0) is 0 Å². The summed E-state index contributed by atoms with van der Waals surface area (Å²) in [5.74, 6) is 1.33. The third-order valence-corrected chi connectivity index (χ3v) is 1.93. The molecule has 0 amide bonds. The molecule has 0 saturated heterocycles. The summed E-state index contributed by atoms with van der Waals surface area (Å²) in [6.07, 6.45) is 3.66. The number of aryl methyl sites for hydroxylation is 2. The molecule has 72 valence electrons. The molecule has 2 aromatic rings. The van der Waals surface area contributed by atoms with E-state index in [1.807, 2.05) is 13.1 Å². The van der Waals surface area contributed by atoms with E-state index in [0.717, 1.165) is 5.56 Å². The van der Waals surface area contributed by atoms with Crippen LogP contribution in [0.1, 0.15) is 11.4 Å². The normalized spacial score (nSPS) is 10.5. The summed E-state index contributed by atoms with van der Waals surface area (Å²) in [7, 11) is 0. The van der Waals surface area contributed by atoms with Crippen molar-refractivity contribution >= 4 is 11.6 Å². The second-order valence-electron chi connectivity index (χ2n) is 3.06. The Morgan fingerprint density at radius 3 is 2.64 bits per heavy atom. The zero-order chi connectivity index (χ0) is 10.1. The van der Waals surface area contributed by atoms with E-state index in [9.17, 15) is 0 Å². The van der Waals surface area contributed by atoms with Crippen LogP contribution in [0.25, 0.3) is 5.82 Å². The molecule has 0 fully saturated rings. The molecule has 2 heterocycles. The van der Waals surface area contributed by atoms with E-state index >= 15 is 0 Å². The van der Waals surface area contributed by atoms with E-state index in [0.29, 0.717) is 16.8 Å².